The van der Waals surface area contributed by atoms with Crippen molar-refractivity contribution in [3.05, 3.63) is 326 Å². The Labute approximate surface area is 595 Å². The lowest BCUT2D eigenvalue weighted by Crippen LogP contribution is -1.91. The predicted octanol–water partition coefficient (Wildman–Crippen LogP) is 25.2. The van der Waals surface area contributed by atoms with E-state index in [-0.39, 0.29) is 0 Å². The molecular weight excluding hydrogens is 1090 g/mol. The van der Waals surface area contributed by atoms with Crippen LogP contribution in [-0.4, -0.2) is 0 Å². The third-order valence-electron chi connectivity index (χ3n) is 14.8. The Morgan fingerprint density at radius 1 is 0.178 bits per heavy atom. The van der Waals surface area contributed by atoms with Gasteiger partial charge < -0.3 is 8.83 Å². The van der Waals surface area contributed by atoms with Crippen LogP contribution in [0.1, 0.15) is 74.0 Å². The van der Waals surface area contributed by atoms with Crippen LogP contribution in [0.15, 0.2) is 335 Å². The van der Waals surface area contributed by atoms with Gasteiger partial charge in [-0.3, -0.25) is 0 Å². The van der Waals surface area contributed by atoms with E-state index in [0.29, 0.717) is 0 Å². The van der Waals surface area contributed by atoms with Crippen molar-refractivity contribution < 1.29 is 82.9 Å². The monoisotopic (exact) mass is 1200 g/mol. The molecule has 90 heavy (non-hydrogen) atoms. The number of para-hydroxylation sites is 2. The van der Waals surface area contributed by atoms with Gasteiger partial charge in [0.2, 0.25) is 0 Å². The van der Waals surface area contributed by atoms with Crippen LogP contribution < -0.4 is 0 Å². The van der Waals surface area contributed by atoms with Gasteiger partial charge >= 0.3 is 0 Å². The summed E-state index contributed by atoms with van der Waals surface area (Å²) < 4.78 is 496. The van der Waals surface area contributed by atoms with Crippen molar-refractivity contribution in [2.24, 2.45) is 0 Å². The quantitative estimate of drug-likeness (QED) is 0.123. The highest BCUT2D eigenvalue weighted by molar-refractivity contribution is 6.27. The summed E-state index contributed by atoms with van der Waals surface area (Å²) in [4.78, 5) is 0. The zero-order valence-electron chi connectivity index (χ0n) is 98.8. The predicted molar refractivity (Wildman–Crippen MR) is 383 cm³/mol. The minimum Gasteiger partial charge on any atom is -0.456 e. The van der Waals surface area contributed by atoms with Crippen LogP contribution in [0.2, 0.25) is 0 Å². The second-order valence-electron chi connectivity index (χ2n) is 19.5. The standard InChI is InChI=1S/C46H28O.C42H26O/c1-2-11-34-30(10-1)22-23-31-24-27-33(28-41(31)34)29-20-25-32(26-21-29)44-35-12-3-5-14-37(35)45(38-15-6-4-13-36(38)44)40-17-9-19-43-46(40)39-16-7-8-18-42(39)47-43;1-2-13-30-27(11-1)12-9-19-31(30)28-23-25-29(26-24-28)40-32-14-3-5-16-34(32)41(35-17-6-4-15-33(35)40)37-20-10-22-39-42(37)36-18-7-8-21-38(36)43-39/h1-28H;1-26H/i1D,2D,3D,4D,5D,6D,7D,8D,9D,10D,11D,12D,13D,14D,15D,16D,17D,18D,19D,20D,21D,22D,23D,24D,25D,26D,27D,28D;1D,2D,3D,4D,5D,6D,7D,8D,9D,10D,11D,12D,13D,14D,15D,16D,17D,18D,19D,20D,21D,22D,23D,24D,25D,26D. The van der Waals surface area contributed by atoms with E-state index in [4.69, 9.17) is 56.8 Å². The molecule has 0 atom stereocenters. The van der Waals surface area contributed by atoms with Crippen molar-refractivity contribution in [3.8, 4) is 66.8 Å². The summed E-state index contributed by atoms with van der Waals surface area (Å²) in [5, 5.41) is -11.0. The topological polar surface area (TPSA) is 26.3 Å². The van der Waals surface area contributed by atoms with E-state index in [2.05, 4.69) is 0 Å². The summed E-state index contributed by atoms with van der Waals surface area (Å²) in [6.07, 6.45) is 0. The van der Waals surface area contributed by atoms with Crippen molar-refractivity contribution >= 4 is 119 Å². The van der Waals surface area contributed by atoms with Crippen LogP contribution in [0.25, 0.3) is 186 Å². The van der Waals surface area contributed by atoms with Gasteiger partial charge in [0.25, 0.3) is 0 Å². The first-order valence-corrected chi connectivity index (χ1v) is 26.6. The van der Waals surface area contributed by atoms with Gasteiger partial charge in [0, 0.05) is 21.5 Å². The molecule has 418 valence electrons. The van der Waals surface area contributed by atoms with Crippen LogP contribution in [-0.2, 0) is 0 Å². The van der Waals surface area contributed by atoms with Crippen molar-refractivity contribution in [1.82, 2.24) is 0 Å². The maximum absolute atomic E-state index is 9.62. The van der Waals surface area contributed by atoms with Gasteiger partial charge in [-0.1, -0.05) is 296 Å². The molecule has 0 fully saturated rings. The summed E-state index contributed by atoms with van der Waals surface area (Å²) in [5.41, 5.74) is -11.3. The van der Waals surface area contributed by atoms with E-state index in [1.165, 1.54) is 0 Å². The van der Waals surface area contributed by atoms with Gasteiger partial charge in [-0.2, -0.15) is 0 Å². The second-order valence-corrected chi connectivity index (χ2v) is 19.5. The van der Waals surface area contributed by atoms with Crippen LogP contribution in [0.5, 0.6) is 0 Å². The zero-order valence-corrected chi connectivity index (χ0v) is 44.8. The molecular formula is C88H54O2. The summed E-state index contributed by atoms with van der Waals surface area (Å²) >= 11 is 0. The summed E-state index contributed by atoms with van der Waals surface area (Å²) in [6, 6.07) is -49.5. The minimum atomic E-state index is -1.12. The third kappa shape index (κ3) is 8.26. The number of furan rings is 2. The molecule has 0 spiro atoms. The highest BCUT2D eigenvalue weighted by atomic mass is 16.3. The Hall–Kier alpha value is -11.8. The fraction of sp³-hybridized carbons (Fsp3) is 0. The fourth-order valence-electron chi connectivity index (χ4n) is 11.0. The average Bonchev–Trinajstić information content (AvgIpc) is 0.962. The van der Waals surface area contributed by atoms with Crippen LogP contribution >= 0.6 is 0 Å². The molecule has 0 bridgehead atoms. The van der Waals surface area contributed by atoms with E-state index in [1.807, 2.05) is 0 Å². The number of rotatable bonds is 6. The van der Waals surface area contributed by atoms with E-state index >= 15 is 0 Å². The summed E-state index contributed by atoms with van der Waals surface area (Å²) in [6.45, 7) is 0. The first-order chi connectivity index (χ1) is 67.1. The Bertz CT molecular complexity index is 9260. The Kier molecular flexibility index (Phi) is 4.87. The molecule has 2 aromatic heterocycles. The van der Waals surface area contributed by atoms with Crippen LogP contribution in [0.3, 0.4) is 0 Å². The van der Waals surface area contributed by atoms with Gasteiger partial charge in [-0.15, -0.1) is 0 Å². The highest BCUT2D eigenvalue weighted by Gasteiger charge is 2.23. The molecule has 2 nitrogen and oxygen atoms in total. The van der Waals surface area contributed by atoms with Gasteiger partial charge in [-0.05, 0) is 172 Å². The van der Waals surface area contributed by atoms with E-state index in [9.17, 15) is 26.0 Å². The number of benzene rings is 17. The van der Waals surface area contributed by atoms with Crippen molar-refractivity contribution in [1.29, 1.82) is 0 Å². The molecule has 0 amide bonds. The lowest BCUT2D eigenvalue weighted by atomic mass is 9.84. The Morgan fingerprint density at radius 3 is 0.956 bits per heavy atom. The normalized spacial score (nSPS) is 20.2. The third-order valence-corrected chi connectivity index (χ3v) is 14.8. The lowest BCUT2D eigenvalue weighted by molar-refractivity contribution is 0.668. The average molecular weight is 1200 g/mol. The molecule has 2 heterocycles. The molecule has 0 saturated carbocycles. The Balaban J connectivity index is 0.000000190. The summed E-state index contributed by atoms with van der Waals surface area (Å²) in [7, 11) is 0. The van der Waals surface area contributed by atoms with E-state index < -0.39 is 512 Å². The van der Waals surface area contributed by atoms with Crippen LogP contribution in [0, 0.1) is 0 Å². The van der Waals surface area contributed by atoms with Crippen LogP contribution in [0.4, 0.5) is 0 Å². The number of hydrogen-bond acceptors (Lipinski definition) is 2. The number of hydrogen-bond donors (Lipinski definition) is 0. The van der Waals surface area contributed by atoms with E-state index in [0.717, 1.165) is 0 Å². The molecule has 19 aromatic rings. The SMILES string of the molecule is [2H]c1c([2H])c(-c2c3c([2H])c([2H])c([2H])c([2H])c3c(-c3c([2H])c([2H])c([2H])c4oc5c([2H])c([2H])c([2H])c([2H])c5c34)c3c([2H])c([2H])c([2H])c([2H])c23)c([2H])c([2H])c1-c1c([2H])c([2H])c([2H])c2c([2H])c([2H])c([2H])c([2H])c12.[2H]c1c([2H])c(-c2c3c([2H])c([2H])c([2H])c([2H])c3c(-c3c([2H])c([2H])c([2H])c4oc5c([2H])c([2H])c([2H])c([2H])c5c34)c3c([2H])c([2H])c([2H])c([2H])c23)c([2H])c([2H])c1-c1c([2H])c([2H])c2c([2H])c([2H])c3c([2H])c([2H])c([2H])c([2H])c3c2c1[2H]. The molecule has 0 aliphatic rings. The molecule has 19 rings (SSSR count). The van der Waals surface area contributed by atoms with Gasteiger partial charge in [-0.25, -0.2) is 0 Å². The second kappa shape index (κ2) is 21.0. The largest absolute Gasteiger partial charge is 0.456 e. The molecule has 0 aliphatic heterocycles. The van der Waals surface area contributed by atoms with Crippen molar-refractivity contribution in [2.45, 2.75) is 0 Å². The highest BCUT2D eigenvalue weighted by Crippen LogP contribution is 2.50. The maximum Gasteiger partial charge on any atom is 0.136 e. The molecule has 0 N–H and O–H groups in total. The van der Waals surface area contributed by atoms with Gasteiger partial charge in [0.1, 0.15) is 22.3 Å². The van der Waals surface area contributed by atoms with Gasteiger partial charge in [0.15, 0.2) is 0 Å². The summed E-state index contributed by atoms with van der Waals surface area (Å²) in [5.74, 6) is 0. The molecule has 2 heteroatoms. The van der Waals surface area contributed by atoms with Crippen molar-refractivity contribution in [3.63, 3.8) is 0 Å². The molecule has 0 radical (unpaired) electrons. The molecule has 17 aromatic carbocycles. The molecule has 0 unspecified atom stereocenters. The maximum atomic E-state index is 9.62. The minimum absolute atomic E-state index is 0.462. The zero-order chi connectivity index (χ0) is 106. The number of fused-ring (bicyclic) bond motifs is 14. The first kappa shape index (κ1) is 20.9. The first-order valence-electron chi connectivity index (χ1n) is 53.6. The molecule has 0 aliphatic carbocycles. The van der Waals surface area contributed by atoms with Crippen molar-refractivity contribution in [2.75, 3.05) is 0 Å². The smallest absolute Gasteiger partial charge is 0.136 e. The Morgan fingerprint density at radius 2 is 0.478 bits per heavy atom. The lowest BCUT2D eigenvalue weighted by Gasteiger charge is -2.18. The molecule has 0 saturated heterocycles. The van der Waals surface area contributed by atoms with Gasteiger partial charge in [0.05, 0.1) is 74.0 Å². The van der Waals surface area contributed by atoms with E-state index in [1.54, 1.807) is 0 Å². The fourth-order valence-corrected chi connectivity index (χ4v) is 11.0.